The first-order valence-electron chi connectivity index (χ1n) is 5.59. The lowest BCUT2D eigenvalue weighted by Gasteiger charge is -2.19. The quantitative estimate of drug-likeness (QED) is 0.799. The number of nitrogens with two attached hydrogens (primary N) is 1. The van der Waals surface area contributed by atoms with Crippen LogP contribution in [-0.2, 0) is 6.54 Å². The van der Waals surface area contributed by atoms with Gasteiger partial charge in [0.2, 0.25) is 0 Å². The molecule has 0 saturated heterocycles. The summed E-state index contributed by atoms with van der Waals surface area (Å²) in [6.45, 7) is 7.23. The van der Waals surface area contributed by atoms with E-state index in [0.717, 1.165) is 26.1 Å². The Morgan fingerprint density at radius 2 is 1.80 bits per heavy atom. The Morgan fingerprint density at radius 3 is 2.33 bits per heavy atom. The Morgan fingerprint density at radius 1 is 1.20 bits per heavy atom. The zero-order valence-corrected chi connectivity index (χ0v) is 10.1. The van der Waals surface area contributed by atoms with E-state index in [-0.39, 0.29) is 0 Å². The number of rotatable bonds is 5. The van der Waals surface area contributed by atoms with Crippen LogP contribution in [-0.4, -0.2) is 25.0 Å². The van der Waals surface area contributed by atoms with Gasteiger partial charge in [-0.05, 0) is 57.1 Å². The van der Waals surface area contributed by atoms with Crippen LogP contribution in [0.25, 0.3) is 0 Å². The van der Waals surface area contributed by atoms with Crippen molar-refractivity contribution in [3.63, 3.8) is 0 Å². The second kappa shape index (κ2) is 5.89. The van der Waals surface area contributed by atoms with Crippen LogP contribution in [0.5, 0.6) is 0 Å². The molecule has 0 atom stereocenters. The maximum atomic E-state index is 5.50. The van der Waals surface area contributed by atoms with E-state index < -0.39 is 0 Å². The predicted octanol–water partition coefficient (Wildman–Crippen LogP) is 2.08. The zero-order valence-electron chi connectivity index (χ0n) is 10.1. The van der Waals surface area contributed by atoms with E-state index in [0.29, 0.717) is 0 Å². The highest BCUT2D eigenvalue weighted by atomic mass is 15.1. The third-order valence-corrected chi connectivity index (χ3v) is 2.82. The van der Waals surface area contributed by atoms with Crippen LogP contribution in [0.4, 0.5) is 0 Å². The minimum Gasteiger partial charge on any atom is -0.330 e. The molecule has 1 aromatic carbocycles. The normalized spacial score (nSPS) is 11.0. The summed E-state index contributed by atoms with van der Waals surface area (Å²) in [7, 11) is 2.15. The predicted molar refractivity (Wildman–Crippen MR) is 65.9 cm³/mol. The van der Waals surface area contributed by atoms with Crippen LogP contribution in [0.2, 0.25) is 0 Å². The molecule has 0 radical (unpaired) electrons. The summed E-state index contributed by atoms with van der Waals surface area (Å²) in [6, 6.07) is 6.48. The Hall–Kier alpha value is -0.860. The molecule has 0 bridgehead atoms. The van der Waals surface area contributed by atoms with Gasteiger partial charge in [-0.3, -0.25) is 0 Å². The standard InChI is InChI=1S/C13H22N2/c1-11-6-4-7-12(2)13(11)10-15(3)9-5-8-14/h4,6-7H,5,8-10,14H2,1-3H3. The van der Waals surface area contributed by atoms with Crippen molar-refractivity contribution >= 4 is 0 Å². The smallest absolute Gasteiger partial charge is 0.0235 e. The number of aryl methyl sites for hydroxylation is 2. The van der Waals surface area contributed by atoms with Crippen molar-refractivity contribution < 1.29 is 0 Å². The lowest BCUT2D eigenvalue weighted by Crippen LogP contribution is -2.22. The monoisotopic (exact) mass is 206 g/mol. The highest BCUT2D eigenvalue weighted by Gasteiger charge is 2.05. The van der Waals surface area contributed by atoms with Crippen LogP contribution in [0.3, 0.4) is 0 Å². The molecule has 15 heavy (non-hydrogen) atoms. The maximum Gasteiger partial charge on any atom is 0.0235 e. The van der Waals surface area contributed by atoms with Crippen molar-refractivity contribution in [3.05, 3.63) is 34.9 Å². The van der Waals surface area contributed by atoms with Gasteiger partial charge in [0.25, 0.3) is 0 Å². The molecule has 1 rings (SSSR count). The summed E-state index contributed by atoms with van der Waals surface area (Å²) in [5.74, 6) is 0. The molecule has 0 aliphatic heterocycles. The molecule has 0 aromatic heterocycles. The van der Waals surface area contributed by atoms with Crippen molar-refractivity contribution in [2.24, 2.45) is 5.73 Å². The summed E-state index contributed by atoms with van der Waals surface area (Å²) >= 11 is 0. The lowest BCUT2D eigenvalue weighted by molar-refractivity contribution is 0.323. The highest BCUT2D eigenvalue weighted by Crippen LogP contribution is 2.14. The molecular formula is C13H22N2. The first kappa shape index (κ1) is 12.2. The van der Waals surface area contributed by atoms with Gasteiger partial charge in [-0.15, -0.1) is 0 Å². The van der Waals surface area contributed by atoms with Gasteiger partial charge in [0, 0.05) is 6.54 Å². The first-order chi connectivity index (χ1) is 7.15. The van der Waals surface area contributed by atoms with E-state index in [1.54, 1.807) is 0 Å². The molecule has 0 unspecified atom stereocenters. The molecule has 0 heterocycles. The van der Waals surface area contributed by atoms with Crippen molar-refractivity contribution in [2.45, 2.75) is 26.8 Å². The molecule has 1 aromatic rings. The molecule has 2 N–H and O–H groups in total. The van der Waals surface area contributed by atoms with Gasteiger partial charge in [0.15, 0.2) is 0 Å². The van der Waals surface area contributed by atoms with Crippen LogP contribution in [0.15, 0.2) is 18.2 Å². The SMILES string of the molecule is Cc1cccc(C)c1CN(C)CCCN. The van der Waals surface area contributed by atoms with Crippen LogP contribution in [0.1, 0.15) is 23.1 Å². The number of hydrogen-bond donors (Lipinski definition) is 1. The molecule has 0 spiro atoms. The van der Waals surface area contributed by atoms with E-state index in [4.69, 9.17) is 5.73 Å². The van der Waals surface area contributed by atoms with Crippen LogP contribution in [0, 0.1) is 13.8 Å². The third kappa shape index (κ3) is 3.65. The van der Waals surface area contributed by atoms with Crippen molar-refractivity contribution in [2.75, 3.05) is 20.1 Å². The molecule has 0 amide bonds. The first-order valence-corrected chi connectivity index (χ1v) is 5.59. The topological polar surface area (TPSA) is 29.3 Å². The van der Waals surface area contributed by atoms with Crippen molar-refractivity contribution in [3.8, 4) is 0 Å². The molecule has 2 heteroatoms. The fourth-order valence-electron chi connectivity index (χ4n) is 1.81. The summed E-state index contributed by atoms with van der Waals surface area (Å²) in [5.41, 5.74) is 9.73. The second-order valence-electron chi connectivity index (χ2n) is 4.25. The van der Waals surface area contributed by atoms with E-state index in [2.05, 4.69) is 44.0 Å². The average molecular weight is 206 g/mol. The molecule has 0 fully saturated rings. The fourth-order valence-corrected chi connectivity index (χ4v) is 1.81. The summed E-state index contributed by atoms with van der Waals surface area (Å²) in [6.07, 6.45) is 1.07. The average Bonchev–Trinajstić information content (AvgIpc) is 2.21. The van der Waals surface area contributed by atoms with Gasteiger partial charge in [0.05, 0.1) is 0 Å². The second-order valence-corrected chi connectivity index (χ2v) is 4.25. The van der Waals surface area contributed by atoms with Gasteiger partial charge in [0.1, 0.15) is 0 Å². The van der Waals surface area contributed by atoms with Gasteiger partial charge >= 0.3 is 0 Å². The minimum atomic E-state index is 0.775. The fraction of sp³-hybridized carbons (Fsp3) is 0.538. The van der Waals surface area contributed by atoms with Crippen molar-refractivity contribution in [1.82, 2.24) is 4.90 Å². The number of benzene rings is 1. The van der Waals surface area contributed by atoms with Crippen molar-refractivity contribution in [1.29, 1.82) is 0 Å². The lowest BCUT2D eigenvalue weighted by atomic mass is 10.0. The van der Waals surface area contributed by atoms with Gasteiger partial charge in [-0.2, -0.15) is 0 Å². The number of nitrogens with zero attached hydrogens (tertiary/aromatic N) is 1. The molecular weight excluding hydrogens is 184 g/mol. The third-order valence-electron chi connectivity index (χ3n) is 2.82. The summed E-state index contributed by atoms with van der Waals surface area (Å²) in [5, 5.41) is 0. The van der Waals surface area contributed by atoms with E-state index >= 15 is 0 Å². The zero-order chi connectivity index (χ0) is 11.3. The summed E-state index contributed by atoms with van der Waals surface area (Å²) < 4.78 is 0. The molecule has 84 valence electrons. The van der Waals surface area contributed by atoms with Crippen LogP contribution < -0.4 is 5.73 Å². The Labute approximate surface area is 93.1 Å². The maximum absolute atomic E-state index is 5.50. The summed E-state index contributed by atoms with van der Waals surface area (Å²) in [4.78, 5) is 2.34. The van der Waals surface area contributed by atoms with Gasteiger partial charge < -0.3 is 10.6 Å². The van der Waals surface area contributed by atoms with Crippen LogP contribution >= 0.6 is 0 Å². The number of hydrogen-bond acceptors (Lipinski definition) is 2. The Balaban J connectivity index is 2.63. The molecule has 0 saturated carbocycles. The van der Waals surface area contributed by atoms with E-state index in [1.165, 1.54) is 16.7 Å². The molecule has 2 nitrogen and oxygen atoms in total. The Bertz CT molecular complexity index is 287. The Kier molecular flexibility index (Phi) is 4.79. The highest BCUT2D eigenvalue weighted by molar-refractivity contribution is 5.33. The van der Waals surface area contributed by atoms with Gasteiger partial charge in [-0.1, -0.05) is 18.2 Å². The van der Waals surface area contributed by atoms with Gasteiger partial charge in [-0.25, -0.2) is 0 Å². The largest absolute Gasteiger partial charge is 0.330 e. The molecule has 0 aliphatic rings. The van der Waals surface area contributed by atoms with E-state index in [9.17, 15) is 0 Å². The van der Waals surface area contributed by atoms with E-state index in [1.807, 2.05) is 0 Å². The molecule has 0 aliphatic carbocycles. The minimum absolute atomic E-state index is 0.775.